The van der Waals surface area contributed by atoms with Gasteiger partial charge in [-0.1, -0.05) is 46.3 Å². The van der Waals surface area contributed by atoms with Crippen molar-refractivity contribution >= 4 is 39.4 Å². The number of carbonyl (C=O) groups is 1. The van der Waals surface area contributed by atoms with Gasteiger partial charge in [-0.3, -0.25) is 0 Å². The Morgan fingerprint density at radius 2 is 1.92 bits per heavy atom. The van der Waals surface area contributed by atoms with Crippen LogP contribution in [0.5, 0.6) is 0 Å². The SMILES string of the molecule is C=C(C)c1cc(Br)cc(F)c1C=NNC(=O)Nc1c(C)cccc1C. The minimum absolute atomic E-state index is 0.267. The average Bonchev–Trinajstić information content (AvgIpc) is 2.52. The van der Waals surface area contributed by atoms with E-state index < -0.39 is 11.8 Å². The maximum absolute atomic E-state index is 14.2. The molecule has 2 amide bonds. The second-order valence-electron chi connectivity index (χ2n) is 5.72. The Labute approximate surface area is 155 Å². The van der Waals surface area contributed by atoms with Crippen LogP contribution in [0.3, 0.4) is 0 Å². The Morgan fingerprint density at radius 3 is 2.52 bits per heavy atom. The summed E-state index contributed by atoms with van der Waals surface area (Å²) in [6.45, 7) is 9.43. The number of allylic oxidation sites excluding steroid dienone is 1. The van der Waals surface area contributed by atoms with Crippen LogP contribution >= 0.6 is 15.9 Å². The van der Waals surface area contributed by atoms with Crippen molar-refractivity contribution in [2.45, 2.75) is 20.8 Å². The van der Waals surface area contributed by atoms with Gasteiger partial charge in [0.25, 0.3) is 0 Å². The predicted octanol–water partition coefficient (Wildman–Crippen LogP) is 5.39. The minimum Gasteiger partial charge on any atom is -0.306 e. The zero-order valence-electron chi connectivity index (χ0n) is 14.3. The molecule has 4 nitrogen and oxygen atoms in total. The molecule has 6 heteroatoms. The number of benzene rings is 2. The molecule has 0 aliphatic heterocycles. The maximum atomic E-state index is 14.2. The normalized spacial score (nSPS) is 10.8. The van der Waals surface area contributed by atoms with Crippen molar-refractivity contribution in [1.29, 1.82) is 0 Å². The lowest BCUT2D eigenvalue weighted by Gasteiger charge is -2.11. The Bertz CT molecular complexity index is 842. The van der Waals surface area contributed by atoms with Crippen molar-refractivity contribution in [2.75, 3.05) is 5.32 Å². The number of hydrogen-bond acceptors (Lipinski definition) is 2. The van der Waals surface area contributed by atoms with E-state index in [4.69, 9.17) is 0 Å². The molecule has 2 N–H and O–H groups in total. The third kappa shape index (κ3) is 4.76. The summed E-state index contributed by atoms with van der Waals surface area (Å²) in [5, 5.41) is 6.59. The van der Waals surface area contributed by atoms with Gasteiger partial charge in [0.05, 0.1) is 6.21 Å². The van der Waals surface area contributed by atoms with E-state index in [2.05, 4.69) is 38.4 Å². The molecular formula is C19H19BrFN3O. The standard InChI is InChI=1S/C19H19BrFN3O/c1-11(2)15-8-14(20)9-17(21)16(15)10-22-24-19(25)23-18-12(3)6-5-7-13(18)4/h5-10H,1H2,2-4H3,(H2,23,24,25). The van der Waals surface area contributed by atoms with Gasteiger partial charge in [-0.2, -0.15) is 5.10 Å². The second kappa shape index (κ2) is 8.07. The summed E-state index contributed by atoms with van der Waals surface area (Å²) in [5.41, 5.74) is 6.56. The fraction of sp³-hybridized carbons (Fsp3) is 0.158. The number of anilines is 1. The molecule has 0 aliphatic rings. The molecule has 0 heterocycles. The average molecular weight is 404 g/mol. The smallest absolute Gasteiger partial charge is 0.306 e. The first-order valence-corrected chi connectivity index (χ1v) is 8.40. The van der Waals surface area contributed by atoms with E-state index in [1.54, 1.807) is 13.0 Å². The number of amides is 2. The number of urea groups is 1. The van der Waals surface area contributed by atoms with Gasteiger partial charge in [-0.05, 0) is 49.6 Å². The summed E-state index contributed by atoms with van der Waals surface area (Å²) in [6.07, 6.45) is 1.27. The van der Waals surface area contributed by atoms with Gasteiger partial charge in [0, 0.05) is 15.7 Å². The van der Waals surface area contributed by atoms with Crippen LogP contribution < -0.4 is 10.7 Å². The Hall–Kier alpha value is -2.47. The molecule has 2 aromatic rings. The van der Waals surface area contributed by atoms with Gasteiger partial charge in [-0.25, -0.2) is 14.6 Å². The molecule has 25 heavy (non-hydrogen) atoms. The van der Waals surface area contributed by atoms with Crippen LogP contribution in [0.4, 0.5) is 14.9 Å². The highest BCUT2D eigenvalue weighted by Crippen LogP contribution is 2.24. The summed E-state index contributed by atoms with van der Waals surface area (Å²) < 4.78 is 14.8. The molecular weight excluding hydrogens is 385 g/mol. The van der Waals surface area contributed by atoms with Crippen LogP contribution in [0.25, 0.3) is 5.57 Å². The topological polar surface area (TPSA) is 53.5 Å². The Balaban J connectivity index is 2.14. The summed E-state index contributed by atoms with van der Waals surface area (Å²) in [5.74, 6) is -0.451. The van der Waals surface area contributed by atoms with Crippen LogP contribution in [-0.4, -0.2) is 12.2 Å². The van der Waals surface area contributed by atoms with Crippen LogP contribution in [0.15, 0.2) is 46.5 Å². The van der Waals surface area contributed by atoms with E-state index in [9.17, 15) is 9.18 Å². The first kappa shape index (κ1) is 18.9. The van der Waals surface area contributed by atoms with Crippen LogP contribution in [0, 0.1) is 19.7 Å². The number of nitrogens with zero attached hydrogens (tertiary/aromatic N) is 1. The van der Waals surface area contributed by atoms with Crippen molar-refractivity contribution < 1.29 is 9.18 Å². The fourth-order valence-electron chi connectivity index (χ4n) is 2.38. The maximum Gasteiger partial charge on any atom is 0.339 e. The highest BCUT2D eigenvalue weighted by molar-refractivity contribution is 9.10. The molecule has 0 spiro atoms. The van der Waals surface area contributed by atoms with E-state index in [1.165, 1.54) is 12.3 Å². The Morgan fingerprint density at radius 1 is 1.28 bits per heavy atom. The molecule has 2 aromatic carbocycles. The van der Waals surface area contributed by atoms with E-state index in [1.807, 2.05) is 32.0 Å². The summed E-state index contributed by atoms with van der Waals surface area (Å²) in [7, 11) is 0. The monoisotopic (exact) mass is 403 g/mol. The lowest BCUT2D eigenvalue weighted by molar-refractivity contribution is 0.252. The molecule has 2 rings (SSSR count). The third-order valence-corrected chi connectivity index (χ3v) is 4.09. The molecule has 0 unspecified atom stereocenters. The van der Waals surface area contributed by atoms with Gasteiger partial charge in [0.2, 0.25) is 0 Å². The largest absolute Gasteiger partial charge is 0.339 e. The summed E-state index contributed by atoms with van der Waals surface area (Å²) in [4.78, 5) is 12.0. The second-order valence-corrected chi connectivity index (χ2v) is 6.64. The lowest BCUT2D eigenvalue weighted by atomic mass is 10.0. The number of para-hydroxylation sites is 1. The quantitative estimate of drug-likeness (QED) is 0.521. The third-order valence-electron chi connectivity index (χ3n) is 3.63. The van der Waals surface area contributed by atoms with Crippen molar-refractivity contribution in [3.8, 4) is 0 Å². The highest BCUT2D eigenvalue weighted by Gasteiger charge is 2.10. The Kier molecular flexibility index (Phi) is 6.09. The zero-order valence-corrected chi connectivity index (χ0v) is 15.9. The van der Waals surface area contributed by atoms with Crippen LogP contribution in [0.1, 0.15) is 29.2 Å². The first-order chi connectivity index (χ1) is 11.8. The first-order valence-electron chi connectivity index (χ1n) is 7.60. The van der Waals surface area contributed by atoms with Gasteiger partial charge in [0.1, 0.15) is 5.82 Å². The van der Waals surface area contributed by atoms with Gasteiger partial charge < -0.3 is 5.32 Å². The van der Waals surface area contributed by atoms with E-state index in [0.717, 1.165) is 16.8 Å². The van der Waals surface area contributed by atoms with Crippen molar-refractivity contribution in [3.05, 3.63) is 69.5 Å². The number of rotatable bonds is 4. The van der Waals surface area contributed by atoms with Gasteiger partial charge in [0.15, 0.2) is 0 Å². The minimum atomic E-state index is -0.497. The van der Waals surface area contributed by atoms with Gasteiger partial charge >= 0.3 is 6.03 Å². The van der Waals surface area contributed by atoms with E-state index >= 15 is 0 Å². The van der Waals surface area contributed by atoms with Crippen molar-refractivity contribution in [1.82, 2.24) is 5.43 Å². The predicted molar refractivity (Wildman–Crippen MR) is 104 cm³/mol. The summed E-state index contributed by atoms with van der Waals surface area (Å²) in [6, 6.07) is 8.32. The van der Waals surface area contributed by atoms with Crippen LogP contribution in [-0.2, 0) is 0 Å². The number of aryl methyl sites for hydroxylation is 2. The molecule has 0 atom stereocenters. The van der Waals surface area contributed by atoms with Crippen LogP contribution in [0.2, 0.25) is 0 Å². The van der Waals surface area contributed by atoms with E-state index in [0.29, 0.717) is 15.6 Å². The highest BCUT2D eigenvalue weighted by atomic mass is 79.9. The zero-order chi connectivity index (χ0) is 18.6. The molecule has 130 valence electrons. The fourth-order valence-corrected chi connectivity index (χ4v) is 2.81. The number of halogens is 2. The molecule has 0 aromatic heterocycles. The molecule has 0 bridgehead atoms. The van der Waals surface area contributed by atoms with Crippen molar-refractivity contribution in [2.24, 2.45) is 5.10 Å². The molecule has 0 saturated carbocycles. The molecule has 0 aliphatic carbocycles. The van der Waals surface area contributed by atoms with Crippen molar-refractivity contribution in [3.63, 3.8) is 0 Å². The number of hydrazone groups is 1. The lowest BCUT2D eigenvalue weighted by Crippen LogP contribution is -2.25. The van der Waals surface area contributed by atoms with Gasteiger partial charge in [-0.15, -0.1) is 0 Å². The number of carbonyl (C=O) groups excluding carboxylic acids is 1. The molecule has 0 fully saturated rings. The molecule has 0 saturated heterocycles. The molecule has 0 radical (unpaired) electrons. The van der Waals surface area contributed by atoms with E-state index in [-0.39, 0.29) is 5.56 Å². The number of nitrogens with one attached hydrogen (secondary N) is 2. The summed E-state index contributed by atoms with van der Waals surface area (Å²) >= 11 is 3.25. The number of hydrogen-bond donors (Lipinski definition) is 2.